The van der Waals surface area contributed by atoms with Gasteiger partial charge in [-0.25, -0.2) is 0 Å². The monoisotopic (exact) mass is 260 g/mol. The Balaban J connectivity index is 2.66. The third kappa shape index (κ3) is 4.80. The number of benzene rings is 1. The van der Waals surface area contributed by atoms with Crippen molar-refractivity contribution in [1.29, 1.82) is 5.26 Å². The maximum absolute atomic E-state index is 12.0. The molecule has 1 aromatic carbocycles. The van der Waals surface area contributed by atoms with Gasteiger partial charge in [-0.3, -0.25) is 9.59 Å². The second-order valence-corrected chi connectivity index (χ2v) is 4.22. The average molecular weight is 260 g/mol. The minimum Gasteiger partial charge on any atom is -0.481 e. The molecule has 0 saturated carbocycles. The van der Waals surface area contributed by atoms with Crippen molar-refractivity contribution in [3.05, 3.63) is 29.8 Å². The minimum atomic E-state index is -0.905. The zero-order valence-electron chi connectivity index (χ0n) is 10.7. The topological polar surface area (TPSA) is 90.2 Å². The van der Waals surface area contributed by atoms with Crippen molar-refractivity contribution in [2.24, 2.45) is 5.92 Å². The summed E-state index contributed by atoms with van der Waals surface area (Å²) in [5.41, 5.74) is 1.02. The van der Waals surface area contributed by atoms with E-state index in [0.717, 1.165) is 0 Å². The van der Waals surface area contributed by atoms with Gasteiger partial charge in [0.1, 0.15) is 0 Å². The van der Waals surface area contributed by atoms with Gasteiger partial charge < -0.3 is 10.4 Å². The first-order chi connectivity index (χ1) is 9.06. The van der Waals surface area contributed by atoms with Crippen molar-refractivity contribution >= 4 is 17.6 Å². The summed E-state index contributed by atoms with van der Waals surface area (Å²) in [4.78, 5) is 22.5. The first kappa shape index (κ1) is 14.7. The summed E-state index contributed by atoms with van der Waals surface area (Å²) in [5, 5.41) is 20.1. The van der Waals surface area contributed by atoms with Crippen molar-refractivity contribution in [3.63, 3.8) is 0 Å². The molecule has 0 radical (unpaired) electrons. The minimum absolute atomic E-state index is 0.0236. The number of rotatable bonds is 6. The second-order valence-electron chi connectivity index (χ2n) is 4.22. The summed E-state index contributed by atoms with van der Waals surface area (Å²) in [7, 11) is 0. The molecule has 0 aliphatic carbocycles. The summed E-state index contributed by atoms with van der Waals surface area (Å²) >= 11 is 0. The molecule has 2 N–H and O–H groups in total. The Morgan fingerprint density at radius 1 is 1.47 bits per heavy atom. The zero-order chi connectivity index (χ0) is 14.3. The number of nitrogens with one attached hydrogen (secondary N) is 1. The van der Waals surface area contributed by atoms with Crippen LogP contribution in [-0.2, 0) is 9.59 Å². The van der Waals surface area contributed by atoms with Crippen molar-refractivity contribution in [1.82, 2.24) is 0 Å². The molecule has 0 heterocycles. The molecule has 5 nitrogen and oxygen atoms in total. The molecule has 1 rings (SSSR count). The number of amides is 1. The second kappa shape index (κ2) is 7.17. The molecule has 0 aromatic heterocycles. The highest BCUT2D eigenvalue weighted by Crippen LogP contribution is 2.16. The SMILES string of the molecule is CCC(CCC(=O)O)C(=O)Nc1cccc(C#N)c1. The lowest BCUT2D eigenvalue weighted by atomic mass is 9.99. The van der Waals surface area contributed by atoms with Gasteiger partial charge in [0.25, 0.3) is 0 Å². The number of anilines is 1. The molecule has 1 atom stereocenters. The molecule has 5 heteroatoms. The van der Waals surface area contributed by atoms with Crippen LogP contribution in [0.5, 0.6) is 0 Å². The molecule has 0 saturated heterocycles. The Bertz CT molecular complexity index is 506. The van der Waals surface area contributed by atoms with Gasteiger partial charge in [0.05, 0.1) is 11.6 Å². The van der Waals surface area contributed by atoms with Gasteiger partial charge in [0.2, 0.25) is 5.91 Å². The molecule has 19 heavy (non-hydrogen) atoms. The van der Waals surface area contributed by atoms with Crippen LogP contribution in [0.2, 0.25) is 0 Å². The van der Waals surface area contributed by atoms with Gasteiger partial charge in [-0.1, -0.05) is 13.0 Å². The van der Waals surface area contributed by atoms with E-state index in [2.05, 4.69) is 5.32 Å². The summed E-state index contributed by atoms with van der Waals surface area (Å²) in [6.45, 7) is 1.85. The molecule has 0 spiro atoms. The van der Waals surface area contributed by atoms with Gasteiger partial charge in [-0.05, 0) is 31.0 Å². The highest BCUT2D eigenvalue weighted by atomic mass is 16.4. The Labute approximate surface area is 111 Å². The Kier molecular flexibility index (Phi) is 5.55. The van der Waals surface area contributed by atoms with Crippen molar-refractivity contribution in [2.45, 2.75) is 26.2 Å². The summed E-state index contributed by atoms with van der Waals surface area (Å²) in [6, 6.07) is 8.61. The molecular formula is C14H16N2O3. The number of carboxylic acids is 1. The number of carboxylic acid groups (broad SMARTS) is 1. The molecule has 1 aromatic rings. The molecule has 0 fully saturated rings. The molecule has 0 aliphatic rings. The molecule has 1 unspecified atom stereocenters. The van der Waals surface area contributed by atoms with Gasteiger partial charge in [0, 0.05) is 18.0 Å². The normalized spacial score (nSPS) is 11.4. The van der Waals surface area contributed by atoms with E-state index in [1.807, 2.05) is 13.0 Å². The zero-order valence-corrected chi connectivity index (χ0v) is 10.7. The number of carbonyl (C=O) groups is 2. The van der Waals surface area contributed by atoms with Crippen LogP contribution in [0.4, 0.5) is 5.69 Å². The fourth-order valence-electron chi connectivity index (χ4n) is 1.73. The van der Waals surface area contributed by atoms with Crippen molar-refractivity contribution in [2.75, 3.05) is 5.32 Å². The highest BCUT2D eigenvalue weighted by Gasteiger charge is 2.17. The summed E-state index contributed by atoms with van der Waals surface area (Å²) < 4.78 is 0. The van der Waals surface area contributed by atoms with E-state index >= 15 is 0 Å². The van der Waals surface area contributed by atoms with Crippen molar-refractivity contribution in [3.8, 4) is 6.07 Å². The van der Waals surface area contributed by atoms with E-state index in [4.69, 9.17) is 10.4 Å². The van der Waals surface area contributed by atoms with E-state index in [0.29, 0.717) is 24.1 Å². The maximum atomic E-state index is 12.0. The van der Waals surface area contributed by atoms with Crippen LogP contribution in [0.15, 0.2) is 24.3 Å². The molecule has 0 aliphatic heterocycles. The maximum Gasteiger partial charge on any atom is 0.303 e. The lowest BCUT2D eigenvalue weighted by Gasteiger charge is -2.14. The summed E-state index contributed by atoms with van der Waals surface area (Å²) in [6.07, 6.45) is 0.872. The summed E-state index contributed by atoms with van der Waals surface area (Å²) in [5.74, 6) is -1.45. The number of carbonyl (C=O) groups excluding carboxylic acids is 1. The lowest BCUT2D eigenvalue weighted by Crippen LogP contribution is -2.23. The Hall–Kier alpha value is -2.35. The standard InChI is InChI=1S/C14H16N2O3/c1-2-11(6-7-13(17)18)14(19)16-12-5-3-4-10(8-12)9-15/h3-5,8,11H,2,6-7H2,1H3,(H,16,19)(H,17,18). The first-order valence-electron chi connectivity index (χ1n) is 6.09. The fraction of sp³-hybridized carbons (Fsp3) is 0.357. The largest absolute Gasteiger partial charge is 0.481 e. The van der Waals surface area contributed by atoms with Gasteiger partial charge in [0.15, 0.2) is 0 Å². The Morgan fingerprint density at radius 2 is 2.21 bits per heavy atom. The van der Waals surface area contributed by atoms with Gasteiger partial charge in [-0.2, -0.15) is 5.26 Å². The fourth-order valence-corrected chi connectivity index (χ4v) is 1.73. The van der Waals surface area contributed by atoms with E-state index in [1.165, 1.54) is 0 Å². The third-order valence-electron chi connectivity index (χ3n) is 2.83. The van der Waals surface area contributed by atoms with Crippen LogP contribution in [0, 0.1) is 17.2 Å². The van der Waals surface area contributed by atoms with Crippen LogP contribution < -0.4 is 5.32 Å². The molecule has 100 valence electrons. The van der Waals surface area contributed by atoms with Crippen LogP contribution in [0.1, 0.15) is 31.7 Å². The number of hydrogen-bond donors (Lipinski definition) is 2. The smallest absolute Gasteiger partial charge is 0.303 e. The number of nitrogens with zero attached hydrogens (tertiary/aromatic N) is 1. The number of aliphatic carboxylic acids is 1. The third-order valence-corrected chi connectivity index (χ3v) is 2.83. The number of hydrogen-bond acceptors (Lipinski definition) is 3. The van der Waals surface area contributed by atoms with E-state index in [-0.39, 0.29) is 18.2 Å². The van der Waals surface area contributed by atoms with Crippen LogP contribution in [0.25, 0.3) is 0 Å². The first-order valence-corrected chi connectivity index (χ1v) is 6.09. The van der Waals surface area contributed by atoms with E-state index in [9.17, 15) is 9.59 Å². The number of nitriles is 1. The van der Waals surface area contributed by atoms with Gasteiger partial charge in [-0.15, -0.1) is 0 Å². The highest BCUT2D eigenvalue weighted by molar-refractivity contribution is 5.92. The Morgan fingerprint density at radius 3 is 2.79 bits per heavy atom. The molecule has 0 bridgehead atoms. The van der Waals surface area contributed by atoms with E-state index < -0.39 is 5.97 Å². The predicted octanol–water partition coefficient (Wildman–Crippen LogP) is 2.39. The molecular weight excluding hydrogens is 244 g/mol. The predicted molar refractivity (Wildman–Crippen MR) is 70.4 cm³/mol. The van der Waals surface area contributed by atoms with Crippen LogP contribution >= 0.6 is 0 Å². The van der Waals surface area contributed by atoms with Crippen LogP contribution in [0.3, 0.4) is 0 Å². The quantitative estimate of drug-likeness (QED) is 0.821. The van der Waals surface area contributed by atoms with Gasteiger partial charge >= 0.3 is 5.97 Å². The van der Waals surface area contributed by atoms with Crippen LogP contribution in [-0.4, -0.2) is 17.0 Å². The average Bonchev–Trinajstić information content (AvgIpc) is 2.39. The van der Waals surface area contributed by atoms with Crippen molar-refractivity contribution < 1.29 is 14.7 Å². The lowest BCUT2D eigenvalue weighted by molar-refractivity contribution is -0.137. The molecule has 1 amide bonds. The van der Waals surface area contributed by atoms with E-state index in [1.54, 1.807) is 24.3 Å².